The van der Waals surface area contributed by atoms with Gasteiger partial charge < -0.3 is 0 Å². The van der Waals surface area contributed by atoms with Crippen molar-refractivity contribution in [1.29, 1.82) is 0 Å². The highest BCUT2D eigenvalue weighted by Gasteiger charge is 2.16. The largest absolute Gasteiger partial charge is 0.271 e. The standard InChI is InChI=1S/C14H13Cl3N2S/c15-10-5-1-2-7-13(10)20-8-12(19-18)9-4-3-6-11(16)14(9)17/h1-7,12,19H,8,18H2. The monoisotopic (exact) mass is 346 g/mol. The van der Waals surface area contributed by atoms with E-state index in [1.165, 1.54) is 0 Å². The van der Waals surface area contributed by atoms with Crippen LogP contribution in [0.1, 0.15) is 11.6 Å². The van der Waals surface area contributed by atoms with Gasteiger partial charge >= 0.3 is 0 Å². The van der Waals surface area contributed by atoms with Crippen LogP contribution in [0.5, 0.6) is 0 Å². The number of halogens is 3. The lowest BCUT2D eigenvalue weighted by Gasteiger charge is -2.18. The number of hydrogen-bond acceptors (Lipinski definition) is 3. The van der Waals surface area contributed by atoms with Gasteiger partial charge in [-0.1, -0.05) is 59.1 Å². The molecule has 0 saturated carbocycles. The van der Waals surface area contributed by atoms with Gasteiger partial charge in [0.15, 0.2) is 0 Å². The third kappa shape index (κ3) is 3.82. The summed E-state index contributed by atoms with van der Waals surface area (Å²) in [6.45, 7) is 0. The molecule has 2 aromatic rings. The molecule has 0 aliphatic rings. The van der Waals surface area contributed by atoms with Gasteiger partial charge in [0, 0.05) is 10.6 Å². The Bertz CT molecular complexity index is 592. The third-order valence-electron chi connectivity index (χ3n) is 2.80. The van der Waals surface area contributed by atoms with E-state index in [0.29, 0.717) is 15.8 Å². The van der Waals surface area contributed by atoms with Crippen LogP contribution in [-0.4, -0.2) is 5.75 Å². The first kappa shape index (κ1) is 16.0. The Balaban J connectivity index is 2.14. The minimum absolute atomic E-state index is 0.109. The second-order valence-corrected chi connectivity index (χ2v) is 6.36. The van der Waals surface area contributed by atoms with E-state index in [2.05, 4.69) is 5.43 Å². The van der Waals surface area contributed by atoms with Crippen molar-refractivity contribution in [2.45, 2.75) is 10.9 Å². The molecule has 0 spiro atoms. The maximum absolute atomic E-state index is 6.22. The molecule has 0 fully saturated rings. The molecule has 0 saturated heterocycles. The fourth-order valence-electron chi connectivity index (χ4n) is 1.75. The summed E-state index contributed by atoms with van der Waals surface area (Å²) in [6.07, 6.45) is 0. The zero-order valence-electron chi connectivity index (χ0n) is 10.4. The van der Waals surface area contributed by atoms with Gasteiger partial charge in [-0.2, -0.15) is 0 Å². The maximum atomic E-state index is 6.22. The molecule has 2 rings (SSSR count). The SMILES string of the molecule is NNC(CSc1ccccc1Cl)c1cccc(Cl)c1Cl. The molecule has 0 aromatic heterocycles. The molecule has 0 bridgehead atoms. The number of thioether (sulfide) groups is 1. The quantitative estimate of drug-likeness (QED) is 0.457. The molecule has 2 nitrogen and oxygen atoms in total. The van der Waals surface area contributed by atoms with Crippen LogP contribution in [0, 0.1) is 0 Å². The van der Waals surface area contributed by atoms with Gasteiger partial charge in [0.05, 0.1) is 21.1 Å². The van der Waals surface area contributed by atoms with Crippen molar-refractivity contribution in [3.63, 3.8) is 0 Å². The minimum atomic E-state index is -0.109. The number of benzene rings is 2. The molecule has 106 valence electrons. The zero-order valence-corrected chi connectivity index (χ0v) is 13.5. The minimum Gasteiger partial charge on any atom is -0.271 e. The number of rotatable bonds is 5. The normalized spacial score (nSPS) is 12.4. The highest BCUT2D eigenvalue weighted by Crippen LogP contribution is 2.34. The number of hydrazine groups is 1. The lowest BCUT2D eigenvalue weighted by molar-refractivity contribution is 0.611. The first-order valence-corrected chi connectivity index (χ1v) is 8.02. The Morgan fingerprint density at radius 1 is 1.00 bits per heavy atom. The second-order valence-electron chi connectivity index (χ2n) is 4.10. The fraction of sp³-hybridized carbons (Fsp3) is 0.143. The van der Waals surface area contributed by atoms with Gasteiger partial charge in [0.25, 0.3) is 0 Å². The summed E-state index contributed by atoms with van der Waals surface area (Å²) >= 11 is 20.0. The molecule has 0 aliphatic heterocycles. The van der Waals surface area contributed by atoms with Crippen LogP contribution in [0.25, 0.3) is 0 Å². The molecule has 3 N–H and O–H groups in total. The summed E-state index contributed by atoms with van der Waals surface area (Å²) in [5.41, 5.74) is 3.65. The van der Waals surface area contributed by atoms with Crippen LogP contribution in [0.2, 0.25) is 15.1 Å². The summed E-state index contributed by atoms with van der Waals surface area (Å²) in [6, 6.07) is 13.1. The van der Waals surface area contributed by atoms with Crippen molar-refractivity contribution < 1.29 is 0 Å². The number of nitrogens with two attached hydrogens (primary N) is 1. The number of hydrogen-bond donors (Lipinski definition) is 2. The van der Waals surface area contributed by atoms with Crippen LogP contribution in [0.4, 0.5) is 0 Å². The van der Waals surface area contributed by atoms with Crippen LogP contribution >= 0.6 is 46.6 Å². The molecular weight excluding hydrogens is 335 g/mol. The summed E-state index contributed by atoms with van der Waals surface area (Å²) < 4.78 is 0. The fourth-order valence-corrected chi connectivity index (χ4v) is 3.49. The molecule has 20 heavy (non-hydrogen) atoms. The van der Waals surface area contributed by atoms with Gasteiger partial charge in [-0.15, -0.1) is 11.8 Å². The van der Waals surface area contributed by atoms with Crippen molar-refractivity contribution in [3.05, 3.63) is 63.1 Å². The van der Waals surface area contributed by atoms with Crippen LogP contribution in [0.3, 0.4) is 0 Å². The van der Waals surface area contributed by atoms with E-state index in [4.69, 9.17) is 40.6 Å². The zero-order chi connectivity index (χ0) is 14.5. The summed E-state index contributed by atoms with van der Waals surface area (Å²) in [4.78, 5) is 1.01. The molecule has 0 radical (unpaired) electrons. The Hall–Kier alpha value is -0.420. The first-order chi connectivity index (χ1) is 9.63. The van der Waals surface area contributed by atoms with Crippen molar-refractivity contribution >= 4 is 46.6 Å². The smallest absolute Gasteiger partial charge is 0.0640 e. The Morgan fingerprint density at radius 2 is 1.70 bits per heavy atom. The first-order valence-electron chi connectivity index (χ1n) is 5.91. The lowest BCUT2D eigenvalue weighted by atomic mass is 10.1. The molecular formula is C14H13Cl3N2S. The molecule has 2 aromatic carbocycles. The van der Waals surface area contributed by atoms with E-state index in [1.54, 1.807) is 17.8 Å². The molecule has 0 amide bonds. The Labute approximate surface area is 137 Å². The van der Waals surface area contributed by atoms with Crippen molar-refractivity contribution in [1.82, 2.24) is 5.43 Å². The van der Waals surface area contributed by atoms with E-state index in [1.807, 2.05) is 36.4 Å². The molecule has 6 heteroatoms. The molecule has 0 aliphatic carbocycles. The van der Waals surface area contributed by atoms with E-state index in [9.17, 15) is 0 Å². The van der Waals surface area contributed by atoms with Gasteiger partial charge in [0.2, 0.25) is 0 Å². The van der Waals surface area contributed by atoms with E-state index in [0.717, 1.165) is 15.5 Å². The second kappa shape index (κ2) is 7.55. The molecule has 0 heterocycles. The average Bonchev–Trinajstić information content (AvgIpc) is 2.45. The Kier molecular flexibility index (Phi) is 6.02. The van der Waals surface area contributed by atoms with E-state index < -0.39 is 0 Å². The predicted octanol–water partition coefficient (Wildman–Crippen LogP) is 4.94. The van der Waals surface area contributed by atoms with E-state index >= 15 is 0 Å². The summed E-state index contributed by atoms with van der Waals surface area (Å²) in [5.74, 6) is 6.32. The van der Waals surface area contributed by atoms with Gasteiger partial charge in [-0.3, -0.25) is 11.3 Å². The van der Waals surface area contributed by atoms with Crippen molar-refractivity contribution in [3.8, 4) is 0 Å². The van der Waals surface area contributed by atoms with E-state index in [-0.39, 0.29) is 6.04 Å². The van der Waals surface area contributed by atoms with Crippen molar-refractivity contribution in [2.75, 3.05) is 5.75 Å². The summed E-state index contributed by atoms with van der Waals surface area (Å²) in [5, 5.41) is 1.77. The van der Waals surface area contributed by atoms with Crippen molar-refractivity contribution in [2.24, 2.45) is 5.84 Å². The van der Waals surface area contributed by atoms with Crippen LogP contribution < -0.4 is 11.3 Å². The average molecular weight is 348 g/mol. The van der Waals surface area contributed by atoms with Gasteiger partial charge in [0.1, 0.15) is 0 Å². The predicted molar refractivity (Wildman–Crippen MR) is 88.7 cm³/mol. The highest BCUT2D eigenvalue weighted by molar-refractivity contribution is 7.99. The number of nitrogens with one attached hydrogen (secondary N) is 1. The Morgan fingerprint density at radius 3 is 2.40 bits per heavy atom. The third-order valence-corrected chi connectivity index (χ3v) is 5.24. The highest BCUT2D eigenvalue weighted by atomic mass is 35.5. The van der Waals surface area contributed by atoms with Crippen LogP contribution in [-0.2, 0) is 0 Å². The lowest BCUT2D eigenvalue weighted by Crippen LogP contribution is -2.29. The van der Waals surface area contributed by atoms with Crippen LogP contribution in [0.15, 0.2) is 47.4 Å². The topological polar surface area (TPSA) is 38.0 Å². The molecule has 1 unspecified atom stereocenters. The summed E-state index contributed by atoms with van der Waals surface area (Å²) in [7, 11) is 0. The maximum Gasteiger partial charge on any atom is 0.0640 e. The molecule has 1 atom stereocenters. The van der Waals surface area contributed by atoms with Gasteiger partial charge in [-0.25, -0.2) is 0 Å². The van der Waals surface area contributed by atoms with Gasteiger partial charge in [-0.05, 0) is 23.8 Å².